The molecular weight excluding hydrogens is 446 g/mol. The number of halogens is 1. The van der Waals surface area contributed by atoms with Crippen LogP contribution in [0, 0.1) is 0 Å². The maximum absolute atomic E-state index is 12.1. The van der Waals surface area contributed by atoms with Crippen molar-refractivity contribution in [1.29, 1.82) is 0 Å². The first-order valence-electron chi connectivity index (χ1n) is 10.5. The highest BCUT2D eigenvalue weighted by Gasteiger charge is 2.17. The minimum Gasteiger partial charge on any atom is -0.423 e. The zero-order valence-corrected chi connectivity index (χ0v) is 19.6. The van der Waals surface area contributed by atoms with Crippen LogP contribution < -0.4 is 5.63 Å². The standard InChI is InChI=1S/C24H24ClN3O3S/c1-3-16-9-10-18-17(14-22(29)31-21(18)13-16)15-32-24-27-26-23(28(24)11-6-12-30-2)19-7-4-5-8-20(19)25/h4-5,7-10,13-14H,3,6,11-12,15H2,1-2H3. The average molecular weight is 470 g/mol. The van der Waals surface area contributed by atoms with Crippen LogP contribution in [0.5, 0.6) is 0 Å². The summed E-state index contributed by atoms with van der Waals surface area (Å²) in [4.78, 5) is 12.1. The molecule has 0 spiro atoms. The van der Waals surface area contributed by atoms with Gasteiger partial charge < -0.3 is 13.7 Å². The fraction of sp³-hybridized carbons (Fsp3) is 0.292. The van der Waals surface area contributed by atoms with E-state index >= 15 is 0 Å². The molecule has 32 heavy (non-hydrogen) atoms. The Morgan fingerprint density at radius 2 is 2.00 bits per heavy atom. The third kappa shape index (κ3) is 4.90. The van der Waals surface area contributed by atoms with Crippen molar-refractivity contribution in [2.24, 2.45) is 0 Å². The molecule has 8 heteroatoms. The zero-order chi connectivity index (χ0) is 22.5. The van der Waals surface area contributed by atoms with E-state index in [2.05, 4.69) is 27.8 Å². The van der Waals surface area contributed by atoms with E-state index < -0.39 is 0 Å². The average Bonchev–Trinajstić information content (AvgIpc) is 3.19. The number of aryl methyl sites for hydroxylation is 1. The molecule has 0 aliphatic heterocycles. The highest BCUT2D eigenvalue weighted by molar-refractivity contribution is 7.98. The van der Waals surface area contributed by atoms with E-state index in [1.807, 2.05) is 36.4 Å². The first kappa shape index (κ1) is 22.6. The summed E-state index contributed by atoms with van der Waals surface area (Å²) in [6.07, 6.45) is 1.70. The Balaban J connectivity index is 1.66. The van der Waals surface area contributed by atoms with Gasteiger partial charge in [0.15, 0.2) is 11.0 Å². The van der Waals surface area contributed by atoms with Crippen molar-refractivity contribution in [3.8, 4) is 11.4 Å². The molecule has 6 nitrogen and oxygen atoms in total. The summed E-state index contributed by atoms with van der Waals surface area (Å²) >= 11 is 7.96. The van der Waals surface area contributed by atoms with Gasteiger partial charge in [-0.05, 0) is 42.2 Å². The molecule has 0 N–H and O–H groups in total. The van der Waals surface area contributed by atoms with Crippen molar-refractivity contribution in [3.63, 3.8) is 0 Å². The Bertz CT molecular complexity index is 1290. The molecule has 0 aliphatic rings. The highest BCUT2D eigenvalue weighted by Crippen LogP contribution is 2.31. The summed E-state index contributed by atoms with van der Waals surface area (Å²) in [7, 11) is 1.69. The van der Waals surface area contributed by atoms with Crippen molar-refractivity contribution in [2.75, 3.05) is 13.7 Å². The number of hydrogen-bond donors (Lipinski definition) is 0. The van der Waals surface area contributed by atoms with Gasteiger partial charge in [-0.15, -0.1) is 10.2 Å². The topological polar surface area (TPSA) is 70.2 Å². The molecule has 0 fully saturated rings. The summed E-state index contributed by atoms with van der Waals surface area (Å²) in [6.45, 7) is 3.40. The van der Waals surface area contributed by atoms with E-state index in [1.54, 1.807) is 13.2 Å². The van der Waals surface area contributed by atoms with Crippen LogP contribution in [0.4, 0.5) is 0 Å². The smallest absolute Gasteiger partial charge is 0.336 e. The molecule has 0 bridgehead atoms. The van der Waals surface area contributed by atoms with E-state index in [4.69, 9.17) is 20.8 Å². The third-order valence-electron chi connectivity index (χ3n) is 5.22. The van der Waals surface area contributed by atoms with Crippen molar-refractivity contribution in [1.82, 2.24) is 14.8 Å². The molecule has 0 aliphatic carbocycles. The Hall–Kier alpha value is -2.61. The molecule has 0 atom stereocenters. The van der Waals surface area contributed by atoms with Crippen molar-refractivity contribution < 1.29 is 9.15 Å². The van der Waals surface area contributed by atoms with Crippen LogP contribution in [0.25, 0.3) is 22.4 Å². The fourth-order valence-electron chi connectivity index (χ4n) is 3.56. The lowest BCUT2D eigenvalue weighted by Gasteiger charge is -2.11. The third-order valence-corrected chi connectivity index (χ3v) is 6.57. The number of ether oxygens (including phenoxy) is 1. The summed E-state index contributed by atoms with van der Waals surface area (Å²) in [5.41, 5.74) is 3.15. The lowest BCUT2D eigenvalue weighted by molar-refractivity contribution is 0.189. The lowest BCUT2D eigenvalue weighted by Crippen LogP contribution is -2.06. The maximum Gasteiger partial charge on any atom is 0.336 e. The number of methoxy groups -OCH3 is 1. The molecule has 0 radical (unpaired) electrons. The number of hydrogen-bond acceptors (Lipinski definition) is 6. The van der Waals surface area contributed by atoms with Crippen LogP contribution in [0.1, 0.15) is 24.5 Å². The maximum atomic E-state index is 12.1. The van der Waals surface area contributed by atoms with Gasteiger partial charge in [0.25, 0.3) is 0 Å². The van der Waals surface area contributed by atoms with Gasteiger partial charge in [-0.25, -0.2) is 4.79 Å². The van der Waals surface area contributed by atoms with Gasteiger partial charge in [-0.2, -0.15) is 0 Å². The Morgan fingerprint density at radius 3 is 2.78 bits per heavy atom. The van der Waals surface area contributed by atoms with Gasteiger partial charge >= 0.3 is 5.63 Å². The number of aromatic nitrogens is 3. The van der Waals surface area contributed by atoms with Crippen LogP contribution in [0.3, 0.4) is 0 Å². The molecule has 2 aromatic heterocycles. The minimum atomic E-state index is -0.348. The summed E-state index contributed by atoms with van der Waals surface area (Å²) < 4.78 is 12.7. The molecule has 0 unspecified atom stereocenters. The monoisotopic (exact) mass is 469 g/mol. The van der Waals surface area contributed by atoms with E-state index in [9.17, 15) is 4.79 Å². The zero-order valence-electron chi connectivity index (χ0n) is 18.0. The van der Waals surface area contributed by atoms with Crippen LogP contribution in [0.2, 0.25) is 5.02 Å². The largest absolute Gasteiger partial charge is 0.423 e. The molecule has 4 rings (SSSR count). The predicted molar refractivity (Wildman–Crippen MR) is 128 cm³/mol. The predicted octanol–water partition coefficient (Wildman–Crippen LogP) is 5.60. The normalized spacial score (nSPS) is 11.3. The van der Waals surface area contributed by atoms with Crippen LogP contribution in [0.15, 0.2) is 62.9 Å². The SMILES string of the molecule is CCc1ccc2c(CSc3nnc(-c4ccccc4Cl)n3CCCOC)cc(=O)oc2c1. The Labute approximate surface area is 195 Å². The van der Waals surface area contributed by atoms with E-state index in [1.165, 1.54) is 11.8 Å². The molecule has 0 saturated heterocycles. The molecule has 4 aromatic rings. The van der Waals surface area contributed by atoms with Crippen LogP contribution in [-0.2, 0) is 23.5 Å². The van der Waals surface area contributed by atoms with E-state index in [0.717, 1.165) is 45.9 Å². The molecular formula is C24H24ClN3O3S. The summed E-state index contributed by atoms with van der Waals surface area (Å²) in [5.74, 6) is 1.29. The number of benzene rings is 2. The second-order valence-electron chi connectivity index (χ2n) is 7.35. The number of thioether (sulfide) groups is 1. The molecule has 0 amide bonds. The quantitative estimate of drug-likeness (QED) is 0.180. The lowest BCUT2D eigenvalue weighted by atomic mass is 10.1. The second-order valence-corrected chi connectivity index (χ2v) is 8.70. The van der Waals surface area contributed by atoms with Crippen molar-refractivity contribution in [2.45, 2.75) is 37.2 Å². The highest BCUT2D eigenvalue weighted by atomic mass is 35.5. The number of fused-ring (bicyclic) bond motifs is 1. The van der Waals surface area contributed by atoms with Crippen LogP contribution in [-0.4, -0.2) is 28.5 Å². The van der Waals surface area contributed by atoms with Gasteiger partial charge in [-0.1, -0.05) is 54.6 Å². The molecule has 166 valence electrons. The first-order valence-corrected chi connectivity index (χ1v) is 11.8. The number of rotatable bonds is 9. The number of nitrogens with zero attached hydrogens (tertiary/aromatic N) is 3. The summed E-state index contributed by atoms with van der Waals surface area (Å²) in [6, 6.07) is 15.2. The van der Waals surface area contributed by atoms with Gasteiger partial charge in [0.1, 0.15) is 5.58 Å². The van der Waals surface area contributed by atoms with Gasteiger partial charge in [-0.3, -0.25) is 0 Å². The van der Waals surface area contributed by atoms with Gasteiger partial charge in [0.05, 0.1) is 5.02 Å². The van der Waals surface area contributed by atoms with Gasteiger partial charge in [0, 0.05) is 43.0 Å². The molecule has 0 saturated carbocycles. The van der Waals surface area contributed by atoms with Crippen LogP contribution >= 0.6 is 23.4 Å². The van der Waals surface area contributed by atoms with Crippen molar-refractivity contribution >= 4 is 34.3 Å². The summed E-state index contributed by atoms with van der Waals surface area (Å²) in [5, 5.41) is 11.2. The molecule has 2 aromatic carbocycles. The van der Waals surface area contributed by atoms with Gasteiger partial charge in [0.2, 0.25) is 0 Å². The van der Waals surface area contributed by atoms with E-state index in [-0.39, 0.29) is 5.63 Å². The minimum absolute atomic E-state index is 0.348. The Kier molecular flexibility index (Phi) is 7.29. The fourth-order valence-corrected chi connectivity index (χ4v) is 4.74. The van der Waals surface area contributed by atoms with Crippen molar-refractivity contribution in [3.05, 3.63) is 75.1 Å². The molecule has 2 heterocycles. The van der Waals surface area contributed by atoms with E-state index in [0.29, 0.717) is 29.5 Å². The Morgan fingerprint density at radius 1 is 1.16 bits per heavy atom. The first-order chi connectivity index (χ1) is 15.6. The second kappa shape index (κ2) is 10.3.